The van der Waals surface area contributed by atoms with Crippen LogP contribution in [0.1, 0.15) is 31.9 Å². The van der Waals surface area contributed by atoms with E-state index >= 15 is 0 Å². The smallest absolute Gasteiger partial charge is 0.417 e. The first kappa shape index (κ1) is 14.3. The van der Waals surface area contributed by atoms with Gasteiger partial charge in [0, 0.05) is 0 Å². The molecule has 106 valence electrons. The molecule has 1 aliphatic heterocycles. The molecule has 0 aromatic heterocycles. The molecule has 0 N–H and O–H groups in total. The summed E-state index contributed by atoms with van der Waals surface area (Å²) in [5.41, 5.74) is 0.906. The molecule has 4 heteroatoms. The highest BCUT2D eigenvalue weighted by molar-refractivity contribution is 5.99. The highest BCUT2D eigenvalue weighted by Crippen LogP contribution is 2.27. The monoisotopic (exact) mass is 273 g/mol. The number of hydrogen-bond donors (Lipinski definition) is 0. The molecule has 1 atom stereocenters. The van der Waals surface area contributed by atoms with E-state index in [2.05, 4.69) is 13.8 Å². The second kappa shape index (κ2) is 6.37. The van der Waals surface area contributed by atoms with Gasteiger partial charge in [0.05, 0.1) is 0 Å². The molecule has 1 aromatic rings. The number of carbonyl (C=O) groups excluding carboxylic acids is 2. The fourth-order valence-corrected chi connectivity index (χ4v) is 2.11. The quantitative estimate of drug-likeness (QED) is 0.791. The molecule has 0 saturated carbocycles. The van der Waals surface area contributed by atoms with Crippen molar-refractivity contribution in [1.82, 2.24) is 4.90 Å². The number of carbonyl (C=O) groups is 2. The van der Waals surface area contributed by atoms with Crippen LogP contribution in [0.4, 0.5) is 4.79 Å². The normalized spacial score (nSPS) is 18.9. The Balaban J connectivity index is 2.13. The SMILES string of the molecule is CC(C)C/C=C/C(=O)N1C(=O)OCC1c1ccccc1. The number of allylic oxidation sites excluding steroid dienone is 1. The molecule has 0 spiro atoms. The summed E-state index contributed by atoms with van der Waals surface area (Å²) in [6.07, 6.45) is 3.51. The van der Waals surface area contributed by atoms with Crippen LogP contribution in [0.2, 0.25) is 0 Å². The Labute approximate surface area is 119 Å². The molecule has 1 unspecified atom stereocenters. The van der Waals surface area contributed by atoms with E-state index in [9.17, 15) is 9.59 Å². The second-order valence-electron chi connectivity index (χ2n) is 5.24. The number of ether oxygens (including phenoxy) is 1. The fourth-order valence-electron chi connectivity index (χ4n) is 2.11. The third kappa shape index (κ3) is 3.26. The number of imide groups is 1. The predicted octanol–water partition coefficient (Wildman–Crippen LogP) is 3.31. The lowest BCUT2D eigenvalue weighted by molar-refractivity contribution is -0.124. The number of hydrogen-bond acceptors (Lipinski definition) is 3. The fraction of sp³-hybridized carbons (Fsp3) is 0.375. The van der Waals surface area contributed by atoms with Crippen LogP contribution in [-0.4, -0.2) is 23.5 Å². The molecule has 1 heterocycles. The van der Waals surface area contributed by atoms with E-state index in [1.807, 2.05) is 30.3 Å². The molecule has 0 aliphatic carbocycles. The molecule has 20 heavy (non-hydrogen) atoms. The van der Waals surface area contributed by atoms with Gasteiger partial charge in [0.2, 0.25) is 0 Å². The average Bonchev–Trinajstić information content (AvgIpc) is 2.81. The van der Waals surface area contributed by atoms with Gasteiger partial charge in [-0.25, -0.2) is 9.69 Å². The summed E-state index contributed by atoms with van der Waals surface area (Å²) in [7, 11) is 0. The van der Waals surface area contributed by atoms with Gasteiger partial charge in [0.15, 0.2) is 0 Å². The van der Waals surface area contributed by atoms with Gasteiger partial charge in [-0.15, -0.1) is 0 Å². The van der Waals surface area contributed by atoms with Gasteiger partial charge in [0.25, 0.3) is 5.91 Å². The summed E-state index contributed by atoms with van der Waals surface area (Å²) >= 11 is 0. The van der Waals surface area contributed by atoms with Crippen molar-refractivity contribution < 1.29 is 14.3 Å². The molecule has 2 rings (SSSR count). The van der Waals surface area contributed by atoms with Gasteiger partial charge >= 0.3 is 6.09 Å². The van der Waals surface area contributed by atoms with Crippen LogP contribution >= 0.6 is 0 Å². The standard InChI is InChI=1S/C16H19NO3/c1-12(2)7-6-10-15(18)17-14(11-20-16(17)19)13-8-4-3-5-9-13/h3-6,8-10,12,14H,7,11H2,1-2H3/b10-6+. The molecule has 2 amide bonds. The summed E-state index contributed by atoms with van der Waals surface area (Å²) in [5.74, 6) is 0.163. The Morgan fingerprint density at radius 3 is 2.75 bits per heavy atom. The average molecular weight is 273 g/mol. The van der Waals surface area contributed by atoms with Crippen molar-refractivity contribution in [1.29, 1.82) is 0 Å². The Kier molecular flexibility index (Phi) is 4.56. The molecular weight excluding hydrogens is 254 g/mol. The Morgan fingerprint density at radius 1 is 1.40 bits per heavy atom. The van der Waals surface area contributed by atoms with Gasteiger partial charge in [-0.3, -0.25) is 4.79 Å². The maximum absolute atomic E-state index is 12.2. The molecule has 0 radical (unpaired) electrons. The van der Waals surface area contributed by atoms with Crippen molar-refractivity contribution in [2.24, 2.45) is 5.92 Å². The zero-order valence-electron chi connectivity index (χ0n) is 11.8. The minimum absolute atomic E-state index is 0.215. The van der Waals surface area contributed by atoms with Crippen molar-refractivity contribution in [2.75, 3.05) is 6.61 Å². The Bertz CT molecular complexity index is 508. The van der Waals surface area contributed by atoms with Crippen molar-refractivity contribution in [3.05, 3.63) is 48.0 Å². The highest BCUT2D eigenvalue weighted by Gasteiger charge is 2.37. The molecular formula is C16H19NO3. The minimum atomic E-state index is -0.571. The van der Waals surface area contributed by atoms with Crippen LogP contribution in [-0.2, 0) is 9.53 Å². The topological polar surface area (TPSA) is 46.6 Å². The van der Waals surface area contributed by atoms with Gasteiger partial charge in [-0.05, 0) is 24.0 Å². The Morgan fingerprint density at radius 2 is 2.10 bits per heavy atom. The summed E-state index contributed by atoms with van der Waals surface area (Å²) in [6, 6.07) is 9.12. The van der Waals surface area contributed by atoms with Crippen LogP contribution in [0.3, 0.4) is 0 Å². The van der Waals surface area contributed by atoms with Gasteiger partial charge in [0.1, 0.15) is 12.6 Å². The number of amides is 2. The van der Waals surface area contributed by atoms with E-state index in [1.165, 1.54) is 11.0 Å². The van der Waals surface area contributed by atoms with Gasteiger partial charge in [-0.2, -0.15) is 0 Å². The third-order valence-electron chi connectivity index (χ3n) is 3.16. The first-order chi connectivity index (χ1) is 9.59. The lowest BCUT2D eigenvalue weighted by atomic mass is 10.1. The van der Waals surface area contributed by atoms with E-state index in [0.29, 0.717) is 5.92 Å². The molecule has 1 aliphatic rings. The Hall–Kier alpha value is -2.10. The van der Waals surface area contributed by atoms with E-state index in [-0.39, 0.29) is 18.6 Å². The number of nitrogens with zero attached hydrogens (tertiary/aromatic N) is 1. The van der Waals surface area contributed by atoms with Crippen LogP contribution < -0.4 is 0 Å². The highest BCUT2D eigenvalue weighted by atomic mass is 16.6. The number of benzene rings is 1. The maximum Gasteiger partial charge on any atom is 0.417 e. The summed E-state index contributed by atoms with van der Waals surface area (Å²) in [6.45, 7) is 4.37. The summed E-state index contributed by atoms with van der Waals surface area (Å²) in [4.78, 5) is 25.1. The molecule has 4 nitrogen and oxygen atoms in total. The van der Waals surface area contributed by atoms with Crippen molar-refractivity contribution in [3.8, 4) is 0 Å². The van der Waals surface area contributed by atoms with E-state index < -0.39 is 6.09 Å². The second-order valence-corrected chi connectivity index (χ2v) is 5.24. The first-order valence-corrected chi connectivity index (χ1v) is 6.81. The van der Waals surface area contributed by atoms with Crippen molar-refractivity contribution in [3.63, 3.8) is 0 Å². The van der Waals surface area contributed by atoms with E-state index in [4.69, 9.17) is 4.74 Å². The summed E-state index contributed by atoms with van der Waals surface area (Å²) in [5, 5.41) is 0. The van der Waals surface area contributed by atoms with Crippen LogP contribution in [0.5, 0.6) is 0 Å². The van der Waals surface area contributed by atoms with E-state index in [1.54, 1.807) is 6.08 Å². The van der Waals surface area contributed by atoms with Crippen molar-refractivity contribution >= 4 is 12.0 Å². The van der Waals surface area contributed by atoms with E-state index in [0.717, 1.165) is 12.0 Å². The zero-order valence-corrected chi connectivity index (χ0v) is 11.8. The third-order valence-corrected chi connectivity index (χ3v) is 3.16. The van der Waals surface area contributed by atoms with Crippen LogP contribution in [0, 0.1) is 5.92 Å². The maximum atomic E-state index is 12.2. The molecule has 1 saturated heterocycles. The molecule has 1 aromatic carbocycles. The van der Waals surface area contributed by atoms with Crippen molar-refractivity contribution in [2.45, 2.75) is 26.3 Å². The lowest BCUT2D eigenvalue weighted by Gasteiger charge is -2.18. The largest absolute Gasteiger partial charge is 0.446 e. The number of rotatable bonds is 4. The number of cyclic esters (lactones) is 1. The van der Waals surface area contributed by atoms with Gasteiger partial charge < -0.3 is 4.74 Å². The van der Waals surface area contributed by atoms with Crippen LogP contribution in [0.15, 0.2) is 42.5 Å². The zero-order chi connectivity index (χ0) is 14.5. The lowest BCUT2D eigenvalue weighted by Crippen LogP contribution is -2.32. The molecule has 1 fully saturated rings. The first-order valence-electron chi connectivity index (χ1n) is 6.81. The minimum Gasteiger partial charge on any atom is -0.446 e. The van der Waals surface area contributed by atoms with Crippen LogP contribution in [0.25, 0.3) is 0 Å². The summed E-state index contributed by atoms with van der Waals surface area (Å²) < 4.78 is 5.01. The van der Waals surface area contributed by atoms with Gasteiger partial charge in [-0.1, -0.05) is 50.3 Å². The molecule has 0 bridgehead atoms. The predicted molar refractivity (Wildman–Crippen MR) is 76.0 cm³/mol.